The van der Waals surface area contributed by atoms with Gasteiger partial charge in [0, 0.05) is 56.4 Å². The Morgan fingerprint density at radius 1 is 0.912 bits per heavy atom. The Bertz CT molecular complexity index is 959. The van der Waals surface area contributed by atoms with Crippen molar-refractivity contribution in [2.45, 2.75) is 12.8 Å². The van der Waals surface area contributed by atoms with Gasteiger partial charge in [0.1, 0.15) is 18.1 Å². The van der Waals surface area contributed by atoms with Crippen molar-refractivity contribution in [1.29, 1.82) is 0 Å². The van der Waals surface area contributed by atoms with E-state index >= 15 is 0 Å². The number of rotatable bonds is 7. The van der Waals surface area contributed by atoms with Crippen LogP contribution in [-0.2, 0) is 4.79 Å². The number of benzene rings is 2. The van der Waals surface area contributed by atoms with Crippen LogP contribution in [0, 0.1) is 5.92 Å². The molecule has 2 fully saturated rings. The number of methoxy groups -OCH3 is 1. The molecular weight excluding hydrogens is 454 g/mol. The Hall–Kier alpha value is -2.77. The summed E-state index contributed by atoms with van der Waals surface area (Å²) in [7, 11) is 1.64. The number of piperazine rings is 1. The molecule has 2 aromatic carbocycles. The van der Waals surface area contributed by atoms with Gasteiger partial charge in [0.25, 0.3) is 5.91 Å². The van der Waals surface area contributed by atoms with Crippen LogP contribution in [-0.4, -0.2) is 86.0 Å². The molecular formula is C26H32ClN3O4. The monoisotopic (exact) mass is 485 g/mol. The zero-order valence-electron chi connectivity index (χ0n) is 19.6. The maximum Gasteiger partial charge on any atom is 0.253 e. The van der Waals surface area contributed by atoms with E-state index in [1.165, 1.54) is 0 Å². The number of piperidine rings is 1. The zero-order chi connectivity index (χ0) is 23.9. The summed E-state index contributed by atoms with van der Waals surface area (Å²) in [6, 6.07) is 14.5. The Morgan fingerprint density at radius 2 is 1.59 bits per heavy atom. The number of carbonyl (C=O) groups is 2. The largest absolute Gasteiger partial charge is 0.497 e. The van der Waals surface area contributed by atoms with Crippen LogP contribution < -0.4 is 9.47 Å². The third-order valence-electron chi connectivity index (χ3n) is 6.57. The van der Waals surface area contributed by atoms with Crippen LogP contribution in [0.25, 0.3) is 0 Å². The van der Waals surface area contributed by atoms with E-state index in [2.05, 4.69) is 4.90 Å². The zero-order valence-corrected chi connectivity index (χ0v) is 20.4. The van der Waals surface area contributed by atoms with Gasteiger partial charge in [0.15, 0.2) is 0 Å². The number of nitrogens with zero attached hydrogens (tertiary/aromatic N) is 3. The lowest BCUT2D eigenvalue weighted by molar-refractivity contribution is -0.138. The van der Waals surface area contributed by atoms with Crippen molar-refractivity contribution < 1.29 is 19.1 Å². The van der Waals surface area contributed by atoms with Gasteiger partial charge in [-0.2, -0.15) is 0 Å². The molecule has 1 atom stereocenters. The van der Waals surface area contributed by atoms with Gasteiger partial charge in [-0.1, -0.05) is 11.6 Å². The van der Waals surface area contributed by atoms with Crippen LogP contribution >= 0.6 is 11.6 Å². The van der Waals surface area contributed by atoms with Gasteiger partial charge in [-0.15, -0.1) is 0 Å². The number of likely N-dealkylation sites (tertiary alicyclic amines) is 1. The lowest BCUT2D eigenvalue weighted by Crippen LogP contribution is -2.53. The quantitative estimate of drug-likeness (QED) is 0.601. The van der Waals surface area contributed by atoms with Crippen LogP contribution in [0.5, 0.6) is 11.5 Å². The minimum Gasteiger partial charge on any atom is -0.497 e. The molecule has 0 radical (unpaired) electrons. The Balaban J connectivity index is 1.21. The van der Waals surface area contributed by atoms with Gasteiger partial charge in [-0.3, -0.25) is 14.5 Å². The summed E-state index contributed by atoms with van der Waals surface area (Å²) in [5.74, 6) is 1.64. The van der Waals surface area contributed by atoms with Crippen LogP contribution in [0.3, 0.4) is 0 Å². The van der Waals surface area contributed by atoms with Gasteiger partial charge < -0.3 is 19.3 Å². The lowest BCUT2D eigenvalue weighted by atomic mass is 9.95. The maximum absolute atomic E-state index is 13.2. The maximum atomic E-state index is 13.2. The molecule has 182 valence electrons. The molecule has 2 heterocycles. The minimum absolute atomic E-state index is 0.0316. The first-order valence-corrected chi connectivity index (χ1v) is 12.2. The number of amides is 2. The number of hydrogen-bond acceptors (Lipinski definition) is 5. The number of carbonyl (C=O) groups excluding carboxylic acids is 2. The van der Waals surface area contributed by atoms with E-state index in [0.717, 1.165) is 44.0 Å². The second-order valence-electron chi connectivity index (χ2n) is 8.79. The molecule has 0 aromatic heterocycles. The molecule has 0 N–H and O–H groups in total. The van der Waals surface area contributed by atoms with E-state index in [1.807, 2.05) is 34.1 Å². The topological polar surface area (TPSA) is 62.3 Å². The molecule has 34 heavy (non-hydrogen) atoms. The molecule has 0 saturated carbocycles. The van der Waals surface area contributed by atoms with Gasteiger partial charge in [0.05, 0.1) is 13.0 Å². The second kappa shape index (κ2) is 11.6. The van der Waals surface area contributed by atoms with E-state index < -0.39 is 0 Å². The van der Waals surface area contributed by atoms with Crippen molar-refractivity contribution in [2.75, 3.05) is 59.5 Å². The summed E-state index contributed by atoms with van der Waals surface area (Å²) in [4.78, 5) is 32.1. The molecule has 2 saturated heterocycles. The molecule has 2 aromatic rings. The third kappa shape index (κ3) is 6.21. The van der Waals surface area contributed by atoms with Gasteiger partial charge >= 0.3 is 0 Å². The summed E-state index contributed by atoms with van der Waals surface area (Å²) in [6.45, 7) is 5.68. The van der Waals surface area contributed by atoms with Crippen molar-refractivity contribution in [3.05, 3.63) is 59.1 Å². The van der Waals surface area contributed by atoms with E-state index in [-0.39, 0.29) is 17.7 Å². The fourth-order valence-electron chi connectivity index (χ4n) is 4.55. The lowest BCUT2D eigenvalue weighted by Gasteiger charge is -2.39. The van der Waals surface area contributed by atoms with Crippen molar-refractivity contribution in [2.24, 2.45) is 5.92 Å². The molecule has 0 spiro atoms. The average Bonchev–Trinajstić information content (AvgIpc) is 2.89. The number of ether oxygens (including phenoxy) is 2. The van der Waals surface area contributed by atoms with Crippen molar-refractivity contribution in [3.8, 4) is 11.5 Å². The highest BCUT2D eigenvalue weighted by atomic mass is 35.5. The Kier molecular flexibility index (Phi) is 8.29. The predicted octanol–water partition coefficient (Wildman–Crippen LogP) is 3.42. The average molecular weight is 486 g/mol. The highest BCUT2D eigenvalue weighted by molar-refractivity contribution is 6.30. The van der Waals surface area contributed by atoms with E-state index in [9.17, 15) is 9.59 Å². The third-order valence-corrected chi connectivity index (χ3v) is 6.82. The number of halogens is 1. The molecule has 2 aliphatic heterocycles. The highest BCUT2D eigenvalue weighted by Crippen LogP contribution is 2.22. The number of hydrogen-bond donors (Lipinski definition) is 0. The first-order valence-electron chi connectivity index (χ1n) is 11.9. The second-order valence-corrected chi connectivity index (χ2v) is 9.22. The van der Waals surface area contributed by atoms with Crippen molar-refractivity contribution in [3.63, 3.8) is 0 Å². The smallest absolute Gasteiger partial charge is 0.253 e. The molecule has 4 rings (SSSR count). The summed E-state index contributed by atoms with van der Waals surface area (Å²) in [6.07, 6.45) is 1.68. The first kappa shape index (κ1) is 24.4. The van der Waals surface area contributed by atoms with Crippen LogP contribution in [0.2, 0.25) is 5.02 Å². The molecule has 0 aliphatic carbocycles. The van der Waals surface area contributed by atoms with Crippen molar-refractivity contribution in [1.82, 2.24) is 14.7 Å². The fraction of sp³-hybridized carbons (Fsp3) is 0.462. The van der Waals surface area contributed by atoms with Crippen LogP contribution in [0.4, 0.5) is 0 Å². The Morgan fingerprint density at radius 3 is 2.26 bits per heavy atom. The molecule has 2 aliphatic rings. The highest BCUT2D eigenvalue weighted by Gasteiger charge is 2.32. The normalized spacial score (nSPS) is 19.1. The predicted molar refractivity (Wildman–Crippen MR) is 132 cm³/mol. The molecule has 7 nitrogen and oxygen atoms in total. The Labute approximate surface area is 206 Å². The standard InChI is InChI=1S/C26H32ClN3O4/c1-33-23-8-10-24(11-9-23)34-18-17-28-13-15-29(16-14-28)26(32)21-3-2-12-30(19-21)25(31)20-4-6-22(27)7-5-20/h4-11,21H,2-3,12-19H2,1H3/t21-/m0/s1. The van der Waals surface area contributed by atoms with E-state index in [4.69, 9.17) is 21.1 Å². The fourth-order valence-corrected chi connectivity index (χ4v) is 4.68. The van der Waals surface area contributed by atoms with E-state index in [1.54, 1.807) is 31.4 Å². The summed E-state index contributed by atoms with van der Waals surface area (Å²) < 4.78 is 11.0. The summed E-state index contributed by atoms with van der Waals surface area (Å²) >= 11 is 5.94. The van der Waals surface area contributed by atoms with E-state index in [0.29, 0.717) is 43.4 Å². The minimum atomic E-state index is -0.130. The molecule has 8 heteroatoms. The first-order chi connectivity index (χ1) is 16.5. The van der Waals surface area contributed by atoms with Gasteiger partial charge in [0.2, 0.25) is 5.91 Å². The molecule has 0 bridgehead atoms. The molecule has 2 amide bonds. The SMILES string of the molecule is COc1ccc(OCCN2CCN(C(=O)[C@H]3CCCN(C(=O)c4ccc(Cl)cc4)C3)CC2)cc1. The molecule has 0 unspecified atom stereocenters. The van der Waals surface area contributed by atoms with Crippen LogP contribution in [0.1, 0.15) is 23.2 Å². The summed E-state index contributed by atoms with van der Waals surface area (Å²) in [5, 5.41) is 0.606. The van der Waals surface area contributed by atoms with Gasteiger partial charge in [-0.25, -0.2) is 0 Å². The van der Waals surface area contributed by atoms with Crippen molar-refractivity contribution >= 4 is 23.4 Å². The van der Waals surface area contributed by atoms with Gasteiger partial charge in [-0.05, 0) is 61.4 Å². The summed E-state index contributed by atoms with van der Waals surface area (Å²) in [5.41, 5.74) is 0.614. The van der Waals surface area contributed by atoms with Crippen LogP contribution in [0.15, 0.2) is 48.5 Å².